The summed E-state index contributed by atoms with van der Waals surface area (Å²) < 4.78 is 1.40. The second-order valence-corrected chi connectivity index (χ2v) is 6.16. The lowest BCUT2D eigenvalue weighted by molar-refractivity contribution is 0.0693. The van der Waals surface area contributed by atoms with Crippen LogP contribution in [-0.4, -0.2) is 38.1 Å². The Bertz CT molecular complexity index is 920. The highest BCUT2D eigenvalue weighted by atomic mass is 16.4. The molecule has 1 aliphatic rings. The number of aromatic nitrogens is 2. The van der Waals surface area contributed by atoms with Crippen LogP contribution in [0.3, 0.4) is 0 Å². The van der Waals surface area contributed by atoms with E-state index in [1.165, 1.54) is 4.57 Å². The molecular formula is C18H20N4O4. The van der Waals surface area contributed by atoms with Crippen LogP contribution in [-0.2, 0) is 6.42 Å². The van der Waals surface area contributed by atoms with Crippen molar-refractivity contribution in [3.05, 3.63) is 57.8 Å². The van der Waals surface area contributed by atoms with E-state index < -0.39 is 11.5 Å². The van der Waals surface area contributed by atoms with E-state index in [4.69, 9.17) is 10.2 Å². The van der Waals surface area contributed by atoms with Crippen LogP contribution in [0.5, 0.6) is 0 Å². The molecule has 0 spiro atoms. The van der Waals surface area contributed by atoms with Crippen LogP contribution in [0, 0.1) is 0 Å². The quantitative estimate of drug-likeness (QED) is 0.701. The third-order valence-corrected chi connectivity index (χ3v) is 4.43. The summed E-state index contributed by atoms with van der Waals surface area (Å²) in [7, 11) is 0. The van der Waals surface area contributed by atoms with Crippen molar-refractivity contribution in [2.24, 2.45) is 5.10 Å². The molecule has 26 heavy (non-hydrogen) atoms. The van der Waals surface area contributed by atoms with Gasteiger partial charge in [-0.3, -0.25) is 14.8 Å². The number of hydrogen-bond acceptors (Lipinski definition) is 6. The summed E-state index contributed by atoms with van der Waals surface area (Å²) in [5.74, 6) is -0.906. The van der Waals surface area contributed by atoms with Gasteiger partial charge in [-0.15, -0.1) is 0 Å². The number of para-hydroxylation sites is 1. The number of aromatic carboxylic acids is 1. The average molecular weight is 356 g/mol. The molecule has 2 heterocycles. The van der Waals surface area contributed by atoms with E-state index in [0.717, 1.165) is 17.4 Å². The molecule has 1 aromatic heterocycles. The number of nitrogens with zero attached hydrogens (tertiary/aromatic N) is 3. The molecule has 0 saturated carbocycles. The first-order valence-corrected chi connectivity index (χ1v) is 8.39. The molecule has 0 aliphatic carbocycles. The van der Waals surface area contributed by atoms with Gasteiger partial charge in [-0.1, -0.05) is 18.2 Å². The summed E-state index contributed by atoms with van der Waals surface area (Å²) in [5, 5.41) is 22.7. The lowest BCUT2D eigenvalue weighted by Crippen LogP contribution is -2.37. The number of aliphatic hydroxyl groups is 1. The third-order valence-electron chi connectivity index (χ3n) is 4.43. The van der Waals surface area contributed by atoms with Crippen molar-refractivity contribution in [2.75, 3.05) is 12.0 Å². The normalized spacial score (nSPS) is 17.8. The van der Waals surface area contributed by atoms with Crippen LogP contribution < -0.4 is 11.0 Å². The first kappa shape index (κ1) is 17.8. The first-order valence-electron chi connectivity index (χ1n) is 8.39. The second kappa shape index (κ2) is 7.49. The maximum atomic E-state index is 12.5. The number of anilines is 1. The Kier molecular flexibility index (Phi) is 5.13. The van der Waals surface area contributed by atoms with Gasteiger partial charge in [0.1, 0.15) is 11.3 Å². The van der Waals surface area contributed by atoms with Crippen molar-refractivity contribution in [3.63, 3.8) is 0 Å². The molecule has 3 N–H and O–H groups in total. The molecule has 0 amide bonds. The standard InChI is InChI=1S/C18H20N4O4/c1-11-6-7-15(16-19-10-13(18(25)26)17(24)22(11)16)21-20-14-5-3-2-4-12(14)8-9-23/h2-5,10-11,20,23H,6-9H2,1H3,(H,25,26)/b21-15+. The fraction of sp³-hybridized carbons (Fsp3) is 0.333. The maximum absolute atomic E-state index is 12.5. The van der Waals surface area contributed by atoms with Gasteiger partial charge in [0, 0.05) is 18.8 Å². The first-order chi connectivity index (χ1) is 12.5. The second-order valence-electron chi connectivity index (χ2n) is 6.16. The molecule has 1 aromatic carbocycles. The predicted molar refractivity (Wildman–Crippen MR) is 96.8 cm³/mol. The molecule has 0 radical (unpaired) electrons. The number of nitrogens with one attached hydrogen (secondary N) is 1. The number of rotatable bonds is 5. The highest BCUT2D eigenvalue weighted by molar-refractivity contribution is 5.99. The van der Waals surface area contributed by atoms with Crippen molar-refractivity contribution >= 4 is 17.4 Å². The summed E-state index contributed by atoms with van der Waals surface area (Å²) in [4.78, 5) is 27.8. The minimum absolute atomic E-state index is 0.0323. The van der Waals surface area contributed by atoms with Gasteiger partial charge >= 0.3 is 5.97 Å². The Morgan fingerprint density at radius 2 is 2.19 bits per heavy atom. The number of hydrogen-bond donors (Lipinski definition) is 3. The fourth-order valence-corrected chi connectivity index (χ4v) is 3.03. The minimum atomic E-state index is -1.29. The molecule has 1 atom stereocenters. The zero-order chi connectivity index (χ0) is 18.7. The Morgan fingerprint density at radius 1 is 1.42 bits per heavy atom. The molecule has 2 aromatic rings. The van der Waals surface area contributed by atoms with E-state index in [1.54, 1.807) is 0 Å². The van der Waals surface area contributed by atoms with Crippen LogP contribution in [0.25, 0.3) is 0 Å². The van der Waals surface area contributed by atoms with Crippen molar-refractivity contribution in [1.82, 2.24) is 9.55 Å². The zero-order valence-electron chi connectivity index (χ0n) is 14.3. The monoisotopic (exact) mass is 356 g/mol. The lowest BCUT2D eigenvalue weighted by atomic mass is 10.0. The summed E-state index contributed by atoms with van der Waals surface area (Å²) in [6.07, 6.45) is 2.87. The van der Waals surface area contributed by atoms with Gasteiger partial charge in [-0.05, 0) is 37.8 Å². The SMILES string of the molecule is CC1CC/C(=N\Nc2ccccc2CCO)c2ncc(C(=O)O)c(=O)n21. The van der Waals surface area contributed by atoms with Gasteiger partial charge in [-0.2, -0.15) is 5.10 Å². The molecule has 1 unspecified atom stereocenters. The van der Waals surface area contributed by atoms with Gasteiger partial charge in [0.2, 0.25) is 0 Å². The van der Waals surface area contributed by atoms with Crippen LogP contribution >= 0.6 is 0 Å². The molecule has 1 aliphatic heterocycles. The van der Waals surface area contributed by atoms with Crippen LogP contribution in [0.4, 0.5) is 5.69 Å². The van der Waals surface area contributed by atoms with E-state index in [1.807, 2.05) is 31.2 Å². The summed E-state index contributed by atoms with van der Waals surface area (Å²) in [6.45, 7) is 1.89. The van der Waals surface area contributed by atoms with Crippen LogP contribution in [0.15, 0.2) is 40.4 Å². The number of carbonyl (C=O) groups is 1. The largest absolute Gasteiger partial charge is 0.477 e. The molecule has 8 heteroatoms. The number of aliphatic hydroxyl groups excluding tert-OH is 1. The number of hydrazone groups is 1. The maximum Gasteiger partial charge on any atom is 0.342 e. The molecule has 136 valence electrons. The highest BCUT2D eigenvalue weighted by Crippen LogP contribution is 2.23. The molecule has 0 saturated heterocycles. The number of benzene rings is 1. The third kappa shape index (κ3) is 3.36. The molecule has 0 bridgehead atoms. The van der Waals surface area contributed by atoms with Gasteiger partial charge in [0.25, 0.3) is 5.56 Å². The molecule has 3 rings (SSSR count). The Balaban J connectivity index is 1.98. The topological polar surface area (TPSA) is 117 Å². The Morgan fingerprint density at radius 3 is 2.92 bits per heavy atom. The number of carboxylic acid groups (broad SMARTS) is 1. The van der Waals surface area contributed by atoms with E-state index in [2.05, 4.69) is 15.5 Å². The Hall–Kier alpha value is -3.00. The van der Waals surface area contributed by atoms with Crippen LogP contribution in [0.2, 0.25) is 0 Å². The van der Waals surface area contributed by atoms with Crippen molar-refractivity contribution < 1.29 is 15.0 Å². The minimum Gasteiger partial charge on any atom is -0.477 e. The van der Waals surface area contributed by atoms with E-state index in [0.29, 0.717) is 30.8 Å². The molecular weight excluding hydrogens is 336 g/mol. The van der Waals surface area contributed by atoms with E-state index in [-0.39, 0.29) is 18.2 Å². The van der Waals surface area contributed by atoms with Gasteiger partial charge in [-0.25, -0.2) is 9.78 Å². The van der Waals surface area contributed by atoms with Crippen molar-refractivity contribution in [2.45, 2.75) is 32.2 Å². The predicted octanol–water partition coefficient (Wildman–Crippen LogP) is 1.65. The van der Waals surface area contributed by atoms with Crippen molar-refractivity contribution in [1.29, 1.82) is 0 Å². The zero-order valence-corrected chi connectivity index (χ0v) is 14.3. The van der Waals surface area contributed by atoms with Crippen molar-refractivity contribution in [3.8, 4) is 0 Å². The summed E-state index contributed by atoms with van der Waals surface area (Å²) in [6, 6.07) is 7.36. The Labute approximate surface area is 149 Å². The highest BCUT2D eigenvalue weighted by Gasteiger charge is 2.26. The van der Waals surface area contributed by atoms with E-state index >= 15 is 0 Å². The van der Waals surface area contributed by atoms with Gasteiger partial charge in [0.05, 0.1) is 5.69 Å². The number of carboxylic acids is 1. The molecule has 8 nitrogen and oxygen atoms in total. The summed E-state index contributed by atoms with van der Waals surface area (Å²) in [5.41, 5.74) is 4.36. The summed E-state index contributed by atoms with van der Waals surface area (Å²) >= 11 is 0. The van der Waals surface area contributed by atoms with Gasteiger partial charge in [0.15, 0.2) is 5.82 Å². The van der Waals surface area contributed by atoms with Crippen LogP contribution in [0.1, 0.15) is 47.6 Å². The van der Waals surface area contributed by atoms with E-state index in [9.17, 15) is 9.59 Å². The number of fused-ring (bicyclic) bond motifs is 1. The lowest BCUT2D eigenvalue weighted by Gasteiger charge is -2.25. The average Bonchev–Trinajstić information content (AvgIpc) is 2.62. The molecule has 0 fully saturated rings. The fourth-order valence-electron chi connectivity index (χ4n) is 3.03. The smallest absolute Gasteiger partial charge is 0.342 e. The van der Waals surface area contributed by atoms with Gasteiger partial charge < -0.3 is 10.2 Å².